The fraction of sp³-hybridized carbons (Fsp3) is 0.500. The number of nitrogen functional groups attached to an aromatic ring is 1. The molecule has 0 spiro atoms. The molecule has 5 N–H and O–H groups in total. The van der Waals surface area contributed by atoms with Gasteiger partial charge in [-0.1, -0.05) is 6.07 Å². The molecular weight excluding hydrogens is 384 g/mol. The Kier molecular flexibility index (Phi) is 6.17. The summed E-state index contributed by atoms with van der Waals surface area (Å²) in [5, 5.41) is 16.2. The summed E-state index contributed by atoms with van der Waals surface area (Å²) in [4.78, 5) is 28.4. The number of carbonyl (C=O) groups is 2. The van der Waals surface area contributed by atoms with E-state index in [0.717, 1.165) is 25.7 Å². The highest BCUT2D eigenvalue weighted by Gasteiger charge is 2.30. The smallest absolute Gasteiger partial charge is 0.339 e. The van der Waals surface area contributed by atoms with Crippen molar-refractivity contribution in [2.75, 3.05) is 12.8 Å². The quantitative estimate of drug-likeness (QED) is 0.572. The van der Waals surface area contributed by atoms with Crippen molar-refractivity contribution < 1.29 is 19.4 Å². The van der Waals surface area contributed by atoms with E-state index in [4.69, 9.17) is 10.5 Å². The van der Waals surface area contributed by atoms with Crippen LogP contribution >= 0.6 is 0 Å². The van der Waals surface area contributed by atoms with Crippen LogP contribution in [0, 0.1) is 6.92 Å². The molecule has 0 unspecified atom stereocenters. The molecule has 1 heterocycles. The van der Waals surface area contributed by atoms with Crippen LogP contribution in [0.3, 0.4) is 0 Å². The van der Waals surface area contributed by atoms with Crippen molar-refractivity contribution in [3.05, 3.63) is 29.5 Å². The summed E-state index contributed by atoms with van der Waals surface area (Å²) in [5.74, 6) is -0.572. The second kappa shape index (κ2) is 8.47. The summed E-state index contributed by atoms with van der Waals surface area (Å²) in [6.07, 6.45) is 3.16. The third kappa shape index (κ3) is 4.33. The second-order valence-electron chi connectivity index (χ2n) is 8.38. The SMILES string of the molecule is CNC(C)(C)C(=O)NC1CCC(Oc2cccc3nc(C)c(C(=O)O)c(N)c23)CC1. The molecule has 1 aliphatic carbocycles. The average Bonchev–Trinajstić information content (AvgIpc) is 2.69. The van der Waals surface area contributed by atoms with E-state index in [0.29, 0.717) is 22.3 Å². The highest BCUT2D eigenvalue weighted by atomic mass is 16.5. The van der Waals surface area contributed by atoms with E-state index < -0.39 is 11.5 Å². The van der Waals surface area contributed by atoms with E-state index >= 15 is 0 Å². The first-order chi connectivity index (χ1) is 14.1. The second-order valence-corrected chi connectivity index (χ2v) is 8.38. The molecule has 3 rings (SSSR count). The lowest BCUT2D eigenvalue weighted by Gasteiger charge is -2.32. The minimum Gasteiger partial charge on any atom is -0.490 e. The molecular formula is C22H30N4O4. The maximum absolute atomic E-state index is 12.4. The maximum atomic E-state index is 12.4. The van der Waals surface area contributed by atoms with E-state index in [1.807, 2.05) is 19.9 Å². The van der Waals surface area contributed by atoms with E-state index in [9.17, 15) is 14.7 Å². The lowest BCUT2D eigenvalue weighted by molar-refractivity contribution is -0.127. The van der Waals surface area contributed by atoms with Gasteiger partial charge in [-0.2, -0.15) is 0 Å². The molecule has 1 aromatic heterocycles. The largest absolute Gasteiger partial charge is 0.490 e. The van der Waals surface area contributed by atoms with Crippen LogP contribution in [0.1, 0.15) is 55.6 Å². The Balaban J connectivity index is 1.73. The number of hydrogen-bond donors (Lipinski definition) is 4. The first-order valence-electron chi connectivity index (χ1n) is 10.2. The molecule has 2 aromatic rings. The summed E-state index contributed by atoms with van der Waals surface area (Å²) in [6, 6.07) is 5.54. The molecule has 30 heavy (non-hydrogen) atoms. The molecule has 0 bridgehead atoms. The highest BCUT2D eigenvalue weighted by Crippen LogP contribution is 2.35. The van der Waals surface area contributed by atoms with Gasteiger partial charge in [-0.05, 0) is 65.6 Å². The fourth-order valence-corrected chi connectivity index (χ4v) is 3.79. The third-order valence-corrected chi connectivity index (χ3v) is 5.90. The number of aromatic nitrogens is 1. The Morgan fingerprint density at radius 2 is 1.90 bits per heavy atom. The van der Waals surface area contributed by atoms with Crippen molar-refractivity contribution in [1.82, 2.24) is 15.6 Å². The first kappa shape index (κ1) is 21.8. The molecule has 1 aromatic carbocycles. The minimum absolute atomic E-state index is 0.0112. The number of nitrogens with zero attached hydrogens (tertiary/aromatic N) is 1. The number of carbonyl (C=O) groups excluding carboxylic acids is 1. The molecule has 0 atom stereocenters. The monoisotopic (exact) mass is 414 g/mol. The first-order valence-corrected chi connectivity index (χ1v) is 10.2. The summed E-state index contributed by atoms with van der Waals surface area (Å²) >= 11 is 0. The zero-order valence-electron chi connectivity index (χ0n) is 17.9. The van der Waals surface area contributed by atoms with Crippen LogP contribution in [0.15, 0.2) is 18.2 Å². The number of nitrogens with one attached hydrogen (secondary N) is 2. The molecule has 1 saturated carbocycles. The summed E-state index contributed by atoms with van der Waals surface area (Å²) < 4.78 is 6.23. The summed E-state index contributed by atoms with van der Waals surface area (Å²) in [7, 11) is 1.77. The number of aromatic carboxylic acids is 1. The number of amides is 1. The highest BCUT2D eigenvalue weighted by molar-refractivity contribution is 6.06. The molecule has 8 heteroatoms. The van der Waals surface area contributed by atoms with Gasteiger partial charge in [0, 0.05) is 6.04 Å². The number of pyridine rings is 1. The number of anilines is 1. The van der Waals surface area contributed by atoms with Gasteiger partial charge in [0.2, 0.25) is 5.91 Å². The van der Waals surface area contributed by atoms with Gasteiger partial charge in [-0.3, -0.25) is 9.78 Å². The number of nitrogens with two attached hydrogens (primary N) is 1. The van der Waals surface area contributed by atoms with E-state index in [1.165, 1.54) is 0 Å². The van der Waals surface area contributed by atoms with Gasteiger partial charge in [0.25, 0.3) is 0 Å². The van der Waals surface area contributed by atoms with Crippen LogP contribution in [0.4, 0.5) is 5.69 Å². The van der Waals surface area contributed by atoms with Crippen LogP contribution in [0.25, 0.3) is 10.9 Å². The summed E-state index contributed by atoms with van der Waals surface area (Å²) in [6.45, 7) is 5.34. The van der Waals surface area contributed by atoms with Gasteiger partial charge >= 0.3 is 5.97 Å². The van der Waals surface area contributed by atoms with Gasteiger partial charge in [0.05, 0.1) is 33.9 Å². The van der Waals surface area contributed by atoms with Gasteiger partial charge < -0.3 is 26.2 Å². The molecule has 1 amide bonds. The van der Waals surface area contributed by atoms with Crippen LogP contribution < -0.4 is 21.1 Å². The standard InChI is InChI=1S/C22H30N4O4/c1-12-17(20(27)28)19(23)18-15(25-12)6-5-7-16(18)30-14-10-8-13(9-11-14)26-21(29)22(2,3)24-4/h5-7,13-14,24H,8-11H2,1-4H3,(H2,23,25)(H,26,29)(H,27,28). The Morgan fingerprint density at radius 3 is 2.50 bits per heavy atom. The Labute approximate surface area is 176 Å². The number of likely N-dealkylation sites (N-methyl/N-ethyl adjacent to an activating group) is 1. The van der Waals surface area contributed by atoms with E-state index in [-0.39, 0.29) is 29.3 Å². The minimum atomic E-state index is -1.10. The molecule has 1 fully saturated rings. The molecule has 162 valence electrons. The number of fused-ring (bicyclic) bond motifs is 1. The number of aryl methyl sites for hydroxylation is 1. The van der Waals surface area contributed by atoms with Crippen molar-refractivity contribution in [2.45, 2.75) is 64.1 Å². The fourth-order valence-electron chi connectivity index (χ4n) is 3.79. The van der Waals surface area contributed by atoms with Crippen molar-refractivity contribution in [3.63, 3.8) is 0 Å². The normalized spacial score (nSPS) is 19.5. The van der Waals surface area contributed by atoms with E-state index in [2.05, 4.69) is 15.6 Å². The molecule has 0 radical (unpaired) electrons. The number of rotatable bonds is 6. The van der Waals surface area contributed by atoms with E-state index in [1.54, 1.807) is 26.1 Å². The van der Waals surface area contributed by atoms with Crippen LogP contribution in [-0.4, -0.2) is 46.7 Å². The Morgan fingerprint density at radius 1 is 1.23 bits per heavy atom. The van der Waals surface area contributed by atoms with Crippen molar-refractivity contribution in [2.24, 2.45) is 0 Å². The van der Waals surface area contributed by atoms with Crippen molar-refractivity contribution in [3.8, 4) is 5.75 Å². The zero-order valence-corrected chi connectivity index (χ0v) is 17.9. The number of carboxylic acids is 1. The summed E-state index contributed by atoms with van der Waals surface area (Å²) in [5.41, 5.74) is 6.77. The average molecular weight is 415 g/mol. The lowest BCUT2D eigenvalue weighted by atomic mass is 9.92. The predicted molar refractivity (Wildman–Crippen MR) is 116 cm³/mol. The predicted octanol–water partition coefficient (Wildman–Crippen LogP) is 2.63. The lowest BCUT2D eigenvalue weighted by Crippen LogP contribution is -2.54. The Bertz CT molecular complexity index is 965. The van der Waals surface area contributed by atoms with Gasteiger partial charge in [-0.15, -0.1) is 0 Å². The zero-order chi connectivity index (χ0) is 22.1. The third-order valence-electron chi connectivity index (χ3n) is 5.90. The topological polar surface area (TPSA) is 127 Å². The van der Waals surface area contributed by atoms with Crippen molar-refractivity contribution >= 4 is 28.5 Å². The van der Waals surface area contributed by atoms with Gasteiger partial charge in [0.1, 0.15) is 11.3 Å². The molecule has 0 aliphatic heterocycles. The van der Waals surface area contributed by atoms with Gasteiger partial charge in [0.15, 0.2) is 0 Å². The Hall–Kier alpha value is -2.87. The molecule has 0 saturated heterocycles. The van der Waals surface area contributed by atoms with Gasteiger partial charge in [-0.25, -0.2) is 4.79 Å². The number of carboxylic acid groups (broad SMARTS) is 1. The number of benzene rings is 1. The van der Waals surface area contributed by atoms with Crippen LogP contribution in [0.2, 0.25) is 0 Å². The molecule has 1 aliphatic rings. The molecule has 8 nitrogen and oxygen atoms in total. The maximum Gasteiger partial charge on any atom is 0.339 e. The number of hydrogen-bond acceptors (Lipinski definition) is 6. The van der Waals surface area contributed by atoms with Crippen LogP contribution in [-0.2, 0) is 4.79 Å². The van der Waals surface area contributed by atoms with Crippen LogP contribution in [0.5, 0.6) is 5.75 Å². The number of ether oxygens (including phenoxy) is 1. The van der Waals surface area contributed by atoms with Crippen molar-refractivity contribution in [1.29, 1.82) is 0 Å².